The first kappa shape index (κ1) is 14.4. The highest BCUT2D eigenvalue weighted by Gasteiger charge is 2.25. The largest absolute Gasteiger partial charge is 0.507 e. The molecule has 20 heavy (non-hydrogen) atoms. The summed E-state index contributed by atoms with van der Waals surface area (Å²) in [4.78, 5) is -0.391. The van der Waals surface area contributed by atoms with Crippen LogP contribution in [0.15, 0.2) is 40.1 Å². The number of hydrogen-bond donors (Lipinski definition) is 2. The van der Waals surface area contributed by atoms with Crippen LogP contribution in [0, 0.1) is 20.8 Å². The van der Waals surface area contributed by atoms with Crippen LogP contribution < -0.4 is 0 Å². The smallest absolute Gasteiger partial charge is 0.213 e. The van der Waals surface area contributed by atoms with E-state index < -0.39 is 9.84 Å². The van der Waals surface area contributed by atoms with Crippen LogP contribution in [0.1, 0.15) is 16.7 Å². The van der Waals surface area contributed by atoms with E-state index in [1.165, 1.54) is 24.3 Å². The van der Waals surface area contributed by atoms with Crippen molar-refractivity contribution in [1.82, 2.24) is 0 Å². The molecule has 0 aliphatic heterocycles. The van der Waals surface area contributed by atoms with Gasteiger partial charge in [0, 0.05) is 0 Å². The van der Waals surface area contributed by atoms with Gasteiger partial charge in [0.05, 0.1) is 0 Å². The van der Waals surface area contributed by atoms with Gasteiger partial charge in [-0.2, -0.15) is 0 Å². The summed E-state index contributed by atoms with van der Waals surface area (Å²) in [5, 5.41) is 19.7. The predicted molar refractivity (Wildman–Crippen MR) is 75.9 cm³/mol. The molecule has 0 radical (unpaired) electrons. The second kappa shape index (κ2) is 4.83. The molecule has 0 fully saturated rings. The maximum atomic E-state index is 12.6. The molecule has 0 aromatic heterocycles. The third-order valence-corrected chi connectivity index (χ3v) is 5.08. The van der Waals surface area contributed by atoms with Crippen LogP contribution in [0.2, 0.25) is 0 Å². The molecule has 2 aromatic carbocycles. The summed E-state index contributed by atoms with van der Waals surface area (Å²) in [6, 6.07) is 7.17. The molecule has 0 unspecified atom stereocenters. The number of phenols is 2. The number of sulfone groups is 1. The zero-order valence-corrected chi connectivity index (χ0v) is 12.3. The molecule has 106 valence electrons. The number of aromatic hydroxyl groups is 2. The average molecular weight is 292 g/mol. The minimum atomic E-state index is -3.96. The average Bonchev–Trinajstić information content (AvgIpc) is 2.36. The van der Waals surface area contributed by atoms with Crippen molar-refractivity contribution in [3.63, 3.8) is 0 Å². The first-order chi connectivity index (χ1) is 9.23. The first-order valence-corrected chi connectivity index (χ1v) is 7.56. The second-order valence-electron chi connectivity index (χ2n) is 4.88. The molecule has 0 spiro atoms. The molecule has 0 atom stereocenters. The van der Waals surface area contributed by atoms with E-state index in [-0.39, 0.29) is 21.3 Å². The fourth-order valence-corrected chi connectivity index (χ4v) is 3.53. The molecular weight excluding hydrogens is 276 g/mol. The van der Waals surface area contributed by atoms with E-state index in [1.54, 1.807) is 26.8 Å². The summed E-state index contributed by atoms with van der Waals surface area (Å²) in [7, 11) is -3.96. The summed E-state index contributed by atoms with van der Waals surface area (Å²) in [6.45, 7) is 5.29. The topological polar surface area (TPSA) is 74.6 Å². The monoisotopic (exact) mass is 292 g/mol. The van der Waals surface area contributed by atoms with E-state index in [4.69, 9.17) is 0 Å². The molecule has 0 saturated carbocycles. The van der Waals surface area contributed by atoms with E-state index >= 15 is 0 Å². The van der Waals surface area contributed by atoms with Gasteiger partial charge < -0.3 is 10.2 Å². The first-order valence-electron chi connectivity index (χ1n) is 6.08. The van der Waals surface area contributed by atoms with Crippen LogP contribution in [0.25, 0.3) is 0 Å². The standard InChI is InChI=1S/C15H16O4S/c1-9-4-5-12(16)14(6-9)20(18,19)15-8-11(3)10(2)7-13(15)17/h4-8,16-17H,1-3H3. The lowest BCUT2D eigenvalue weighted by molar-refractivity contribution is 0.452. The number of hydrogen-bond acceptors (Lipinski definition) is 4. The van der Waals surface area contributed by atoms with Crippen LogP contribution in [-0.4, -0.2) is 18.6 Å². The van der Waals surface area contributed by atoms with Crippen molar-refractivity contribution in [1.29, 1.82) is 0 Å². The van der Waals surface area contributed by atoms with Gasteiger partial charge in [-0.05, 0) is 61.7 Å². The van der Waals surface area contributed by atoms with Crippen LogP contribution in [-0.2, 0) is 9.84 Å². The molecule has 0 aliphatic carbocycles. The number of phenolic OH excluding ortho intramolecular Hbond substituents is 2. The van der Waals surface area contributed by atoms with Crippen LogP contribution >= 0.6 is 0 Å². The summed E-state index contributed by atoms with van der Waals surface area (Å²) in [5.74, 6) is -0.637. The molecular formula is C15H16O4S. The van der Waals surface area contributed by atoms with Crippen molar-refractivity contribution in [2.75, 3.05) is 0 Å². The Morgan fingerprint density at radius 2 is 1.35 bits per heavy atom. The fourth-order valence-electron chi connectivity index (χ4n) is 1.94. The van der Waals surface area contributed by atoms with E-state index in [2.05, 4.69) is 0 Å². The van der Waals surface area contributed by atoms with Gasteiger partial charge in [0.25, 0.3) is 0 Å². The van der Waals surface area contributed by atoms with Gasteiger partial charge in [0.15, 0.2) is 0 Å². The Morgan fingerprint density at radius 3 is 2.00 bits per heavy atom. The van der Waals surface area contributed by atoms with Gasteiger partial charge >= 0.3 is 0 Å². The summed E-state index contributed by atoms with van der Waals surface area (Å²) in [5.41, 5.74) is 2.27. The predicted octanol–water partition coefficient (Wildman–Crippen LogP) is 2.86. The minimum absolute atomic E-state index is 0.193. The Bertz CT molecular complexity index is 777. The van der Waals surface area contributed by atoms with Crippen LogP contribution in [0.3, 0.4) is 0 Å². The highest BCUT2D eigenvalue weighted by Crippen LogP contribution is 2.35. The summed E-state index contributed by atoms with van der Waals surface area (Å²) in [6.07, 6.45) is 0. The van der Waals surface area contributed by atoms with Crippen LogP contribution in [0.4, 0.5) is 0 Å². The molecule has 0 amide bonds. The molecule has 0 bridgehead atoms. The van der Waals surface area contributed by atoms with Crippen molar-refractivity contribution >= 4 is 9.84 Å². The van der Waals surface area contributed by atoms with E-state index in [0.29, 0.717) is 5.56 Å². The lowest BCUT2D eigenvalue weighted by Crippen LogP contribution is -2.04. The summed E-state index contributed by atoms with van der Waals surface area (Å²) < 4.78 is 25.1. The van der Waals surface area contributed by atoms with Gasteiger partial charge in [0.1, 0.15) is 21.3 Å². The Morgan fingerprint density at radius 1 is 0.800 bits per heavy atom. The quantitative estimate of drug-likeness (QED) is 0.892. The highest BCUT2D eigenvalue weighted by molar-refractivity contribution is 7.91. The van der Waals surface area contributed by atoms with Crippen molar-refractivity contribution in [2.45, 2.75) is 30.6 Å². The molecule has 2 N–H and O–H groups in total. The van der Waals surface area contributed by atoms with E-state index in [1.807, 2.05) is 0 Å². The molecule has 0 saturated heterocycles. The van der Waals surface area contributed by atoms with Crippen molar-refractivity contribution < 1.29 is 18.6 Å². The maximum Gasteiger partial charge on any atom is 0.213 e. The Hall–Kier alpha value is -2.01. The van der Waals surface area contributed by atoms with Gasteiger partial charge in [0.2, 0.25) is 9.84 Å². The highest BCUT2D eigenvalue weighted by atomic mass is 32.2. The van der Waals surface area contributed by atoms with Crippen molar-refractivity contribution in [3.05, 3.63) is 47.0 Å². The lowest BCUT2D eigenvalue weighted by atomic mass is 10.1. The number of aryl methyl sites for hydroxylation is 3. The number of rotatable bonds is 2. The Labute approximate surface area is 118 Å². The SMILES string of the molecule is Cc1ccc(O)c(S(=O)(=O)c2cc(C)c(C)cc2O)c1. The molecule has 0 heterocycles. The van der Waals surface area contributed by atoms with Crippen LogP contribution in [0.5, 0.6) is 11.5 Å². The van der Waals surface area contributed by atoms with Gasteiger partial charge in [-0.3, -0.25) is 0 Å². The van der Waals surface area contributed by atoms with E-state index in [9.17, 15) is 18.6 Å². The Kier molecular flexibility index (Phi) is 3.48. The lowest BCUT2D eigenvalue weighted by Gasteiger charge is -2.11. The molecule has 2 rings (SSSR count). The molecule has 4 nitrogen and oxygen atoms in total. The van der Waals surface area contributed by atoms with E-state index in [0.717, 1.165) is 11.1 Å². The fraction of sp³-hybridized carbons (Fsp3) is 0.200. The zero-order valence-electron chi connectivity index (χ0n) is 11.5. The second-order valence-corrected chi connectivity index (χ2v) is 6.77. The molecule has 5 heteroatoms. The van der Waals surface area contributed by atoms with Gasteiger partial charge in [-0.15, -0.1) is 0 Å². The number of benzene rings is 2. The molecule has 0 aliphatic rings. The van der Waals surface area contributed by atoms with Crippen molar-refractivity contribution in [3.8, 4) is 11.5 Å². The summed E-state index contributed by atoms with van der Waals surface area (Å²) >= 11 is 0. The van der Waals surface area contributed by atoms with Gasteiger partial charge in [-0.1, -0.05) is 6.07 Å². The van der Waals surface area contributed by atoms with Gasteiger partial charge in [-0.25, -0.2) is 8.42 Å². The zero-order chi connectivity index (χ0) is 15.1. The van der Waals surface area contributed by atoms with Crippen molar-refractivity contribution in [2.24, 2.45) is 0 Å². The molecule has 2 aromatic rings. The minimum Gasteiger partial charge on any atom is -0.507 e. The third-order valence-electron chi connectivity index (χ3n) is 3.27. The normalized spacial score (nSPS) is 11.6. The maximum absolute atomic E-state index is 12.6. The third kappa shape index (κ3) is 2.36. The Balaban J connectivity index is 2.73.